The average Bonchev–Trinajstić information content (AvgIpc) is 2.62. The predicted molar refractivity (Wildman–Crippen MR) is 105 cm³/mol. The van der Waals surface area contributed by atoms with Gasteiger partial charge in [0.2, 0.25) is 0 Å². The van der Waals surface area contributed by atoms with Gasteiger partial charge in [-0.05, 0) is 62.2 Å². The minimum absolute atomic E-state index is 0.861. The van der Waals surface area contributed by atoms with E-state index in [9.17, 15) is 0 Å². The summed E-state index contributed by atoms with van der Waals surface area (Å²) in [5.41, 5.74) is 0. The highest BCUT2D eigenvalue weighted by atomic mass is 16.5. The molecule has 2 rings (SSSR count). The summed E-state index contributed by atoms with van der Waals surface area (Å²) in [6, 6.07) is 0. The lowest BCUT2D eigenvalue weighted by atomic mass is 9.69. The molecule has 2 fully saturated rings. The first-order valence-corrected chi connectivity index (χ1v) is 11.3. The minimum Gasteiger partial charge on any atom is -0.384 e. The zero-order valence-corrected chi connectivity index (χ0v) is 16.7. The van der Waals surface area contributed by atoms with Crippen molar-refractivity contribution in [3.63, 3.8) is 0 Å². The summed E-state index contributed by atoms with van der Waals surface area (Å²) >= 11 is 0. The molecule has 1 nitrogen and oxygen atoms in total. The van der Waals surface area contributed by atoms with Crippen molar-refractivity contribution in [1.29, 1.82) is 0 Å². The van der Waals surface area contributed by atoms with Crippen LogP contribution in [0.3, 0.4) is 0 Å². The van der Waals surface area contributed by atoms with E-state index in [0.717, 1.165) is 30.3 Å². The number of hydrogen-bond acceptors (Lipinski definition) is 1. The van der Waals surface area contributed by atoms with Crippen molar-refractivity contribution in [3.8, 4) is 0 Å². The van der Waals surface area contributed by atoms with Crippen LogP contribution in [0.25, 0.3) is 0 Å². The topological polar surface area (TPSA) is 9.23 Å². The highest BCUT2D eigenvalue weighted by Crippen LogP contribution is 2.42. The molecule has 0 saturated heterocycles. The maximum atomic E-state index is 5.35. The standard InChI is InChI=1S/C23H44O/c1-3-4-5-6-7-8-9-10-20-11-15-22(16-12-20)23-17-13-21(14-18-23)19-24-2/h20-23H,3-19H2,1-2H3/t20?,21-,22?,23-. The van der Waals surface area contributed by atoms with E-state index >= 15 is 0 Å². The zero-order chi connectivity index (χ0) is 17.0. The third-order valence-corrected chi connectivity index (χ3v) is 7.07. The SMILES string of the molecule is CCCCCCCCCC1CCC([C@H]2CC[C@H](COC)CC2)CC1. The fourth-order valence-electron chi connectivity index (χ4n) is 5.40. The van der Waals surface area contributed by atoms with Gasteiger partial charge in [0.05, 0.1) is 0 Å². The van der Waals surface area contributed by atoms with Crippen molar-refractivity contribution in [2.45, 2.75) is 110 Å². The van der Waals surface area contributed by atoms with Gasteiger partial charge in [-0.15, -0.1) is 0 Å². The number of methoxy groups -OCH3 is 1. The lowest BCUT2D eigenvalue weighted by Gasteiger charge is -2.37. The Balaban J connectivity index is 1.49. The molecule has 0 amide bonds. The number of rotatable bonds is 11. The second-order valence-electron chi connectivity index (χ2n) is 8.93. The number of ether oxygens (including phenoxy) is 1. The molecule has 0 aliphatic heterocycles. The lowest BCUT2D eigenvalue weighted by molar-refractivity contribution is 0.0925. The summed E-state index contributed by atoms with van der Waals surface area (Å²) in [5, 5.41) is 0. The van der Waals surface area contributed by atoms with Crippen molar-refractivity contribution in [2.75, 3.05) is 13.7 Å². The second kappa shape index (κ2) is 12.3. The van der Waals surface area contributed by atoms with Gasteiger partial charge >= 0.3 is 0 Å². The summed E-state index contributed by atoms with van der Waals surface area (Å²) in [6.07, 6.45) is 23.8. The fraction of sp³-hybridized carbons (Fsp3) is 1.00. The van der Waals surface area contributed by atoms with E-state index in [0.29, 0.717) is 0 Å². The maximum Gasteiger partial charge on any atom is 0.0490 e. The summed E-state index contributed by atoms with van der Waals surface area (Å²) in [7, 11) is 1.86. The summed E-state index contributed by atoms with van der Waals surface area (Å²) in [4.78, 5) is 0. The quantitative estimate of drug-likeness (QED) is 0.357. The van der Waals surface area contributed by atoms with Gasteiger partial charge in [-0.1, -0.05) is 71.1 Å². The Morgan fingerprint density at radius 3 is 1.67 bits per heavy atom. The molecule has 0 radical (unpaired) electrons. The molecular weight excluding hydrogens is 292 g/mol. The van der Waals surface area contributed by atoms with Crippen LogP contribution in [0.1, 0.15) is 110 Å². The Morgan fingerprint density at radius 1 is 0.625 bits per heavy atom. The van der Waals surface area contributed by atoms with E-state index in [1.165, 1.54) is 77.0 Å². The van der Waals surface area contributed by atoms with Gasteiger partial charge < -0.3 is 4.74 Å². The van der Waals surface area contributed by atoms with Crippen LogP contribution in [0.15, 0.2) is 0 Å². The first kappa shape index (κ1) is 20.3. The van der Waals surface area contributed by atoms with E-state index in [4.69, 9.17) is 4.74 Å². The summed E-state index contributed by atoms with van der Waals surface area (Å²) in [5.74, 6) is 4.05. The van der Waals surface area contributed by atoms with E-state index in [2.05, 4.69) is 6.92 Å². The molecule has 0 heterocycles. The van der Waals surface area contributed by atoms with Crippen LogP contribution in [0.4, 0.5) is 0 Å². The summed E-state index contributed by atoms with van der Waals surface area (Å²) in [6.45, 7) is 3.31. The first-order chi connectivity index (χ1) is 11.8. The highest BCUT2D eigenvalue weighted by molar-refractivity contribution is 4.82. The van der Waals surface area contributed by atoms with Crippen LogP contribution in [0.5, 0.6) is 0 Å². The van der Waals surface area contributed by atoms with E-state index in [-0.39, 0.29) is 0 Å². The molecule has 24 heavy (non-hydrogen) atoms. The Labute approximate surface area is 152 Å². The van der Waals surface area contributed by atoms with Crippen molar-refractivity contribution in [2.24, 2.45) is 23.7 Å². The van der Waals surface area contributed by atoms with E-state index in [1.54, 1.807) is 25.7 Å². The summed E-state index contributed by atoms with van der Waals surface area (Å²) < 4.78 is 5.35. The van der Waals surface area contributed by atoms with Gasteiger partial charge in [0, 0.05) is 13.7 Å². The Hall–Kier alpha value is -0.0400. The van der Waals surface area contributed by atoms with Crippen molar-refractivity contribution in [1.82, 2.24) is 0 Å². The smallest absolute Gasteiger partial charge is 0.0490 e. The maximum absolute atomic E-state index is 5.35. The molecule has 2 saturated carbocycles. The molecule has 0 aromatic carbocycles. The average molecular weight is 337 g/mol. The molecule has 0 N–H and O–H groups in total. The van der Waals surface area contributed by atoms with Crippen molar-refractivity contribution >= 4 is 0 Å². The molecular formula is C23H44O. The molecule has 0 aromatic heterocycles. The monoisotopic (exact) mass is 336 g/mol. The van der Waals surface area contributed by atoms with Crippen LogP contribution in [0.2, 0.25) is 0 Å². The van der Waals surface area contributed by atoms with Crippen LogP contribution in [-0.2, 0) is 4.74 Å². The molecule has 142 valence electrons. The van der Waals surface area contributed by atoms with Crippen molar-refractivity contribution < 1.29 is 4.74 Å². The number of unbranched alkanes of at least 4 members (excludes halogenated alkanes) is 6. The van der Waals surface area contributed by atoms with Crippen LogP contribution >= 0.6 is 0 Å². The van der Waals surface area contributed by atoms with E-state index < -0.39 is 0 Å². The fourth-order valence-corrected chi connectivity index (χ4v) is 5.40. The minimum atomic E-state index is 0.861. The molecule has 0 atom stereocenters. The van der Waals surface area contributed by atoms with Gasteiger partial charge in [-0.2, -0.15) is 0 Å². The molecule has 0 bridgehead atoms. The highest BCUT2D eigenvalue weighted by Gasteiger charge is 2.30. The first-order valence-electron chi connectivity index (χ1n) is 11.3. The van der Waals surface area contributed by atoms with Crippen LogP contribution < -0.4 is 0 Å². The van der Waals surface area contributed by atoms with Crippen LogP contribution in [0, 0.1) is 23.7 Å². The normalized spacial score (nSPS) is 31.2. The molecule has 0 spiro atoms. The van der Waals surface area contributed by atoms with Gasteiger partial charge in [0.1, 0.15) is 0 Å². The third-order valence-electron chi connectivity index (χ3n) is 7.07. The van der Waals surface area contributed by atoms with Gasteiger partial charge in [0.25, 0.3) is 0 Å². The Bertz CT molecular complexity index is 284. The molecule has 2 aliphatic rings. The molecule has 0 aromatic rings. The Morgan fingerprint density at radius 2 is 1.12 bits per heavy atom. The zero-order valence-electron chi connectivity index (χ0n) is 16.7. The van der Waals surface area contributed by atoms with Crippen molar-refractivity contribution in [3.05, 3.63) is 0 Å². The van der Waals surface area contributed by atoms with Gasteiger partial charge in [0.15, 0.2) is 0 Å². The third kappa shape index (κ3) is 7.46. The number of hydrogen-bond donors (Lipinski definition) is 0. The Kier molecular flexibility index (Phi) is 10.4. The lowest BCUT2D eigenvalue weighted by Crippen LogP contribution is -2.27. The molecule has 0 unspecified atom stereocenters. The van der Waals surface area contributed by atoms with Crippen LogP contribution in [-0.4, -0.2) is 13.7 Å². The molecule has 2 aliphatic carbocycles. The van der Waals surface area contributed by atoms with Gasteiger partial charge in [-0.25, -0.2) is 0 Å². The predicted octanol–water partition coefficient (Wildman–Crippen LogP) is 7.39. The van der Waals surface area contributed by atoms with E-state index in [1.807, 2.05) is 7.11 Å². The molecule has 1 heteroatoms. The second-order valence-corrected chi connectivity index (χ2v) is 8.93. The largest absolute Gasteiger partial charge is 0.384 e. The van der Waals surface area contributed by atoms with Gasteiger partial charge in [-0.3, -0.25) is 0 Å².